The van der Waals surface area contributed by atoms with Crippen molar-refractivity contribution in [2.75, 3.05) is 13.2 Å². The van der Waals surface area contributed by atoms with Gasteiger partial charge in [0, 0.05) is 0 Å². The Morgan fingerprint density at radius 1 is 0.800 bits per heavy atom. The van der Waals surface area contributed by atoms with Gasteiger partial charge in [0.15, 0.2) is 8.68 Å². The zero-order chi connectivity index (χ0) is 17.2. The van der Waals surface area contributed by atoms with Crippen molar-refractivity contribution in [1.82, 2.24) is 9.97 Å². The molecular formula is C18H16N2O2S3. The number of rotatable bonds is 6. The van der Waals surface area contributed by atoms with E-state index < -0.39 is 0 Å². The molecule has 0 amide bonds. The summed E-state index contributed by atoms with van der Waals surface area (Å²) in [5.41, 5.74) is 1.93. The number of fused-ring (bicyclic) bond motifs is 2. The van der Waals surface area contributed by atoms with Gasteiger partial charge in [-0.2, -0.15) is 0 Å². The summed E-state index contributed by atoms with van der Waals surface area (Å²) in [6, 6.07) is 12.0. The summed E-state index contributed by atoms with van der Waals surface area (Å²) in [7, 11) is 0. The summed E-state index contributed by atoms with van der Waals surface area (Å²) in [5.74, 6) is 1.79. The molecule has 0 fully saturated rings. The third kappa shape index (κ3) is 3.31. The van der Waals surface area contributed by atoms with Gasteiger partial charge in [-0.05, 0) is 49.9 Å². The summed E-state index contributed by atoms with van der Waals surface area (Å²) in [6.45, 7) is 5.29. The molecule has 2 heterocycles. The quantitative estimate of drug-likeness (QED) is 0.414. The van der Waals surface area contributed by atoms with Crippen LogP contribution in [0.15, 0.2) is 45.1 Å². The molecule has 4 rings (SSSR count). The summed E-state index contributed by atoms with van der Waals surface area (Å²) in [4.78, 5) is 9.43. The average molecular weight is 389 g/mol. The van der Waals surface area contributed by atoms with Crippen LogP contribution in [0.5, 0.6) is 11.5 Å². The maximum absolute atomic E-state index is 5.70. The van der Waals surface area contributed by atoms with Crippen molar-refractivity contribution in [2.45, 2.75) is 22.5 Å². The van der Waals surface area contributed by atoms with Crippen LogP contribution < -0.4 is 9.47 Å². The second-order valence-electron chi connectivity index (χ2n) is 5.14. The molecule has 0 aliphatic carbocycles. The van der Waals surface area contributed by atoms with Gasteiger partial charge in [-0.15, -0.1) is 22.7 Å². The van der Waals surface area contributed by atoms with Crippen molar-refractivity contribution in [1.29, 1.82) is 0 Å². The van der Waals surface area contributed by atoms with Gasteiger partial charge in [-0.25, -0.2) is 9.97 Å². The summed E-state index contributed by atoms with van der Waals surface area (Å²) in [5, 5.41) is 0. The van der Waals surface area contributed by atoms with Crippen LogP contribution in [-0.2, 0) is 0 Å². The molecule has 4 aromatic rings. The average Bonchev–Trinajstić information content (AvgIpc) is 3.20. The predicted octanol–water partition coefficient (Wildman–Crippen LogP) is 5.85. The molecule has 0 radical (unpaired) electrons. The molecule has 128 valence electrons. The second-order valence-corrected chi connectivity index (χ2v) is 8.63. The highest BCUT2D eigenvalue weighted by atomic mass is 32.2. The maximum atomic E-state index is 5.70. The highest BCUT2D eigenvalue weighted by Crippen LogP contribution is 2.42. The second kappa shape index (κ2) is 7.19. The minimum absolute atomic E-state index is 0.650. The third-order valence-electron chi connectivity index (χ3n) is 3.49. The number of benzene rings is 2. The van der Waals surface area contributed by atoms with Crippen molar-refractivity contribution in [3.63, 3.8) is 0 Å². The monoisotopic (exact) mass is 388 g/mol. The molecule has 2 aromatic carbocycles. The predicted molar refractivity (Wildman–Crippen MR) is 106 cm³/mol. The van der Waals surface area contributed by atoms with Crippen molar-refractivity contribution < 1.29 is 9.47 Å². The molecule has 2 aromatic heterocycles. The lowest BCUT2D eigenvalue weighted by Crippen LogP contribution is -1.90. The van der Waals surface area contributed by atoms with Crippen molar-refractivity contribution in [3.05, 3.63) is 36.4 Å². The molecule has 0 saturated carbocycles. The lowest BCUT2D eigenvalue weighted by molar-refractivity contribution is 0.344. The van der Waals surface area contributed by atoms with Gasteiger partial charge in [0.2, 0.25) is 0 Å². The summed E-state index contributed by atoms with van der Waals surface area (Å²) >= 11 is 4.89. The van der Waals surface area contributed by atoms with Crippen molar-refractivity contribution in [3.8, 4) is 11.5 Å². The minimum Gasteiger partial charge on any atom is -0.492 e. The third-order valence-corrected chi connectivity index (χ3v) is 6.79. The van der Waals surface area contributed by atoms with Crippen LogP contribution >= 0.6 is 34.4 Å². The fourth-order valence-electron chi connectivity index (χ4n) is 2.51. The Hall–Kier alpha value is -1.83. The smallest absolute Gasteiger partial charge is 0.158 e. The summed E-state index contributed by atoms with van der Waals surface area (Å²) < 4.78 is 15.5. The Morgan fingerprint density at radius 3 is 1.72 bits per heavy atom. The van der Waals surface area contributed by atoms with Gasteiger partial charge in [0.25, 0.3) is 0 Å². The SMILES string of the molecule is CCOc1cccc2nc(Sc3nc4cccc(OCC)c4s3)sc12. The summed E-state index contributed by atoms with van der Waals surface area (Å²) in [6.07, 6.45) is 0. The van der Waals surface area contributed by atoms with E-state index in [1.807, 2.05) is 50.2 Å². The highest BCUT2D eigenvalue weighted by molar-refractivity contribution is 8.02. The Morgan fingerprint density at radius 2 is 1.28 bits per heavy atom. The zero-order valence-electron chi connectivity index (χ0n) is 13.8. The first-order valence-electron chi connectivity index (χ1n) is 8.01. The van der Waals surface area contributed by atoms with Crippen LogP contribution in [0.3, 0.4) is 0 Å². The molecule has 25 heavy (non-hydrogen) atoms. The van der Waals surface area contributed by atoms with E-state index in [-0.39, 0.29) is 0 Å². The molecule has 0 aliphatic rings. The molecule has 4 nitrogen and oxygen atoms in total. The number of ether oxygens (including phenoxy) is 2. The standard InChI is InChI=1S/C18H16N2O2S3/c1-3-21-13-9-5-7-11-15(13)23-17(19-11)25-18-20-12-8-6-10-14(22-4-2)16(12)24-18/h5-10H,3-4H2,1-2H3. The first-order valence-corrected chi connectivity index (χ1v) is 10.5. The zero-order valence-corrected chi connectivity index (χ0v) is 16.3. The lowest BCUT2D eigenvalue weighted by atomic mass is 10.3. The lowest BCUT2D eigenvalue weighted by Gasteiger charge is -2.01. The van der Waals surface area contributed by atoms with Gasteiger partial charge in [-0.3, -0.25) is 0 Å². The number of thiazole rings is 2. The number of hydrogen-bond acceptors (Lipinski definition) is 7. The molecule has 0 N–H and O–H groups in total. The van der Waals surface area contributed by atoms with E-state index in [1.54, 1.807) is 34.4 Å². The maximum Gasteiger partial charge on any atom is 0.158 e. The van der Waals surface area contributed by atoms with Crippen LogP contribution in [0.25, 0.3) is 20.4 Å². The van der Waals surface area contributed by atoms with Gasteiger partial charge >= 0.3 is 0 Å². The molecule has 0 aliphatic heterocycles. The number of nitrogens with zero attached hydrogens (tertiary/aromatic N) is 2. The normalized spacial score (nSPS) is 11.3. The molecule has 0 unspecified atom stereocenters. The topological polar surface area (TPSA) is 44.2 Å². The van der Waals surface area contributed by atoms with Gasteiger partial charge in [0.1, 0.15) is 11.5 Å². The van der Waals surface area contributed by atoms with Crippen LogP contribution in [-0.4, -0.2) is 23.2 Å². The van der Waals surface area contributed by atoms with Crippen LogP contribution in [0.2, 0.25) is 0 Å². The van der Waals surface area contributed by atoms with Crippen LogP contribution in [0, 0.1) is 0 Å². The molecule has 0 bridgehead atoms. The van der Waals surface area contributed by atoms with Crippen molar-refractivity contribution in [2.24, 2.45) is 0 Å². The van der Waals surface area contributed by atoms with Gasteiger partial charge < -0.3 is 9.47 Å². The largest absolute Gasteiger partial charge is 0.492 e. The Labute approximate surface area is 157 Å². The van der Waals surface area contributed by atoms with E-state index in [1.165, 1.54) is 0 Å². The number of hydrogen-bond donors (Lipinski definition) is 0. The van der Waals surface area contributed by atoms with Gasteiger partial charge in [0.05, 0.1) is 33.6 Å². The van der Waals surface area contributed by atoms with Crippen molar-refractivity contribution >= 4 is 54.9 Å². The molecule has 0 saturated heterocycles. The Kier molecular flexibility index (Phi) is 4.78. The minimum atomic E-state index is 0.650. The molecular weight excluding hydrogens is 372 g/mol. The number of aromatic nitrogens is 2. The first-order chi connectivity index (χ1) is 12.3. The molecule has 7 heteroatoms. The molecule has 0 spiro atoms. The van der Waals surface area contributed by atoms with Crippen LogP contribution in [0.4, 0.5) is 0 Å². The Balaban J connectivity index is 1.68. The fourth-order valence-corrected chi connectivity index (χ4v) is 5.94. The van der Waals surface area contributed by atoms with Gasteiger partial charge in [-0.1, -0.05) is 12.1 Å². The van der Waals surface area contributed by atoms with Crippen LogP contribution in [0.1, 0.15) is 13.8 Å². The van der Waals surface area contributed by atoms with E-state index in [2.05, 4.69) is 0 Å². The first kappa shape index (κ1) is 16.6. The molecule has 0 atom stereocenters. The Bertz CT molecular complexity index is 944. The van der Waals surface area contributed by atoms with E-state index >= 15 is 0 Å². The van der Waals surface area contributed by atoms with E-state index in [9.17, 15) is 0 Å². The van der Waals surface area contributed by atoms with E-state index in [0.29, 0.717) is 13.2 Å². The fraction of sp³-hybridized carbons (Fsp3) is 0.222. The van der Waals surface area contributed by atoms with E-state index in [0.717, 1.165) is 40.6 Å². The van der Waals surface area contributed by atoms with E-state index in [4.69, 9.17) is 19.4 Å². The highest BCUT2D eigenvalue weighted by Gasteiger charge is 2.14.